The number of amides is 1. The number of methoxy groups -OCH3 is 1. The monoisotopic (exact) mass is 625 g/mol. The number of hydrogen-bond donors (Lipinski definition) is 0. The Hall–Kier alpha value is -5.12. The van der Waals surface area contributed by atoms with Crippen molar-refractivity contribution in [2.24, 2.45) is 23.7 Å². The zero-order valence-electron chi connectivity index (χ0n) is 26.2. The normalized spacial score (nSPS) is 22.8. The number of fused-ring (bicyclic) bond motifs is 2. The minimum Gasteiger partial charge on any atom is -0.619 e. The van der Waals surface area contributed by atoms with Gasteiger partial charge in [0.05, 0.1) is 31.1 Å². The van der Waals surface area contributed by atoms with Gasteiger partial charge >= 0.3 is 0 Å². The summed E-state index contributed by atoms with van der Waals surface area (Å²) in [6.45, 7) is 2.28. The van der Waals surface area contributed by atoms with E-state index in [9.17, 15) is 10.0 Å². The second-order valence-electron chi connectivity index (χ2n) is 14.0. The lowest BCUT2D eigenvalue weighted by molar-refractivity contribution is -0.605. The van der Waals surface area contributed by atoms with Gasteiger partial charge < -0.3 is 24.0 Å². The molecule has 3 aliphatic carbocycles. The van der Waals surface area contributed by atoms with Crippen LogP contribution in [0.15, 0.2) is 79.4 Å². The summed E-state index contributed by atoms with van der Waals surface area (Å²) in [6, 6.07) is 18.6. The summed E-state index contributed by atoms with van der Waals surface area (Å²) in [7, 11) is 1.67. The maximum atomic E-state index is 14.0. The van der Waals surface area contributed by atoms with E-state index in [1.807, 2.05) is 30.6 Å². The number of likely N-dealkylation sites (tertiary alicyclic amines) is 1. The molecule has 10 heteroatoms. The molecule has 5 heterocycles. The molecule has 6 aromatic rings. The minimum absolute atomic E-state index is 0.0850. The van der Waals surface area contributed by atoms with Gasteiger partial charge in [0, 0.05) is 53.4 Å². The van der Waals surface area contributed by atoms with Crippen molar-refractivity contribution in [2.75, 3.05) is 13.7 Å². The Kier molecular flexibility index (Phi) is 5.72. The smallest absolute Gasteiger partial charge is 0.254 e. The SMILES string of the molecule is COc1cc(C(=O)N2CC3CC4CC2[C@H]43)cc2nc(-c3cc4ccccc4n3CC3CC3)n(Cc3cnn(-c4ccc[n+]([O-])c4)c3)c12. The van der Waals surface area contributed by atoms with Gasteiger partial charge in [-0.3, -0.25) is 4.79 Å². The van der Waals surface area contributed by atoms with Crippen molar-refractivity contribution in [3.8, 4) is 23.0 Å². The third kappa shape index (κ3) is 4.16. The summed E-state index contributed by atoms with van der Waals surface area (Å²) in [6.07, 6.45) is 11.6. The van der Waals surface area contributed by atoms with Crippen molar-refractivity contribution < 1.29 is 14.3 Å². The summed E-state index contributed by atoms with van der Waals surface area (Å²) in [5.41, 5.74) is 6.09. The molecule has 4 atom stereocenters. The van der Waals surface area contributed by atoms with E-state index in [0.29, 0.717) is 47.3 Å². The van der Waals surface area contributed by atoms with Crippen LogP contribution in [0.3, 0.4) is 0 Å². The Bertz CT molecular complexity index is 2230. The fourth-order valence-electron chi connectivity index (χ4n) is 8.72. The maximum Gasteiger partial charge on any atom is 0.254 e. The molecule has 1 aliphatic heterocycles. The molecule has 4 fully saturated rings. The second kappa shape index (κ2) is 9.94. The van der Waals surface area contributed by atoms with Crippen LogP contribution in [0.2, 0.25) is 0 Å². The van der Waals surface area contributed by atoms with E-state index in [4.69, 9.17) is 9.72 Å². The van der Waals surface area contributed by atoms with Crippen molar-refractivity contribution in [3.63, 3.8) is 0 Å². The number of benzene rings is 2. The quantitative estimate of drug-likeness (QED) is 0.166. The summed E-state index contributed by atoms with van der Waals surface area (Å²) in [5, 5.41) is 17.7. The van der Waals surface area contributed by atoms with Gasteiger partial charge in [-0.2, -0.15) is 9.83 Å². The molecule has 47 heavy (non-hydrogen) atoms. The second-order valence-corrected chi connectivity index (χ2v) is 14.0. The molecule has 0 bridgehead atoms. The highest BCUT2D eigenvalue weighted by Crippen LogP contribution is 2.60. The third-order valence-electron chi connectivity index (χ3n) is 11.2. The summed E-state index contributed by atoms with van der Waals surface area (Å²) in [5.74, 6) is 4.41. The molecular weight excluding hydrogens is 590 g/mol. The standard InChI is InChI=1S/C37H35N7O3/c1-47-33-15-26(37(45)42-20-27-11-25-14-31(42)34(25)27)12-29-35(33)43(18-23-16-38-44(19-23)28-6-4-10-40(46)21-28)36(39-29)32-13-24-5-2-3-7-30(24)41(32)17-22-8-9-22/h2-7,10,12-13,15-16,19,21-22,25,27,31,34H,8-9,11,14,17-18,20H2,1H3/t25?,27?,31?,34-/m1/s1. The maximum absolute atomic E-state index is 14.0. The van der Waals surface area contributed by atoms with Crippen molar-refractivity contribution in [1.29, 1.82) is 0 Å². The Labute approximate surface area is 271 Å². The van der Waals surface area contributed by atoms with Crippen LogP contribution in [0.5, 0.6) is 5.75 Å². The topological polar surface area (TPSA) is 97.1 Å². The number of imidazole rings is 1. The van der Waals surface area contributed by atoms with E-state index in [-0.39, 0.29) is 5.91 Å². The Morgan fingerprint density at radius 1 is 1.06 bits per heavy atom. The van der Waals surface area contributed by atoms with Crippen LogP contribution in [0.1, 0.15) is 41.6 Å². The Morgan fingerprint density at radius 2 is 1.96 bits per heavy atom. The van der Waals surface area contributed by atoms with Gasteiger partial charge in [-0.25, -0.2) is 9.67 Å². The largest absolute Gasteiger partial charge is 0.619 e. The summed E-state index contributed by atoms with van der Waals surface area (Å²) < 4.78 is 13.2. The van der Waals surface area contributed by atoms with Crippen LogP contribution < -0.4 is 9.47 Å². The lowest BCUT2D eigenvalue weighted by atomic mass is 9.53. The fourth-order valence-corrected chi connectivity index (χ4v) is 8.72. The third-order valence-corrected chi connectivity index (χ3v) is 11.2. The van der Waals surface area contributed by atoms with Crippen molar-refractivity contribution in [1.82, 2.24) is 28.8 Å². The number of aromatic nitrogens is 6. The molecule has 3 unspecified atom stereocenters. The number of carbonyl (C=O) groups is 1. The number of ether oxygens (including phenoxy) is 1. The molecule has 3 saturated carbocycles. The number of nitrogens with zero attached hydrogens (tertiary/aromatic N) is 7. The van der Waals surface area contributed by atoms with E-state index in [2.05, 4.69) is 49.5 Å². The van der Waals surface area contributed by atoms with Crippen LogP contribution in [-0.2, 0) is 13.1 Å². The molecule has 236 valence electrons. The number of para-hydroxylation sites is 1. The number of pyridine rings is 1. The van der Waals surface area contributed by atoms with Crippen molar-refractivity contribution in [2.45, 2.75) is 44.8 Å². The van der Waals surface area contributed by atoms with Crippen LogP contribution in [0, 0.1) is 28.9 Å². The molecule has 2 aromatic carbocycles. The highest BCUT2D eigenvalue weighted by atomic mass is 16.5. The van der Waals surface area contributed by atoms with Gasteiger partial charge in [0.15, 0.2) is 12.0 Å². The average molecular weight is 626 g/mol. The lowest BCUT2D eigenvalue weighted by Crippen LogP contribution is -2.53. The fraction of sp³-hybridized carbons (Fsp3) is 0.351. The first-order chi connectivity index (χ1) is 23.0. The molecule has 4 aromatic heterocycles. The van der Waals surface area contributed by atoms with Gasteiger partial charge in [0.1, 0.15) is 17.0 Å². The zero-order chi connectivity index (χ0) is 31.4. The van der Waals surface area contributed by atoms with E-state index in [1.54, 1.807) is 17.9 Å². The van der Waals surface area contributed by atoms with Gasteiger partial charge in [-0.05, 0) is 79.7 Å². The van der Waals surface area contributed by atoms with E-state index in [0.717, 1.165) is 58.3 Å². The van der Waals surface area contributed by atoms with Gasteiger partial charge in [-0.1, -0.05) is 18.2 Å². The number of hydrogen-bond acceptors (Lipinski definition) is 5. The first-order valence-corrected chi connectivity index (χ1v) is 16.7. The van der Waals surface area contributed by atoms with Gasteiger partial charge in [0.25, 0.3) is 5.91 Å². The van der Waals surface area contributed by atoms with E-state index in [1.165, 1.54) is 42.6 Å². The predicted molar refractivity (Wildman–Crippen MR) is 176 cm³/mol. The molecule has 1 amide bonds. The van der Waals surface area contributed by atoms with Gasteiger partial charge in [-0.15, -0.1) is 0 Å². The molecular formula is C37H35N7O3. The number of rotatable bonds is 8. The zero-order valence-corrected chi connectivity index (χ0v) is 26.2. The van der Waals surface area contributed by atoms with Crippen LogP contribution >= 0.6 is 0 Å². The summed E-state index contributed by atoms with van der Waals surface area (Å²) >= 11 is 0. The first-order valence-electron chi connectivity index (χ1n) is 16.7. The molecule has 4 aliphatic rings. The Morgan fingerprint density at radius 3 is 2.77 bits per heavy atom. The minimum atomic E-state index is 0.0850. The highest BCUT2D eigenvalue weighted by Gasteiger charge is 2.61. The van der Waals surface area contributed by atoms with E-state index >= 15 is 0 Å². The first kappa shape index (κ1) is 27.0. The van der Waals surface area contributed by atoms with Crippen molar-refractivity contribution >= 4 is 27.8 Å². The van der Waals surface area contributed by atoms with Gasteiger partial charge in [0.2, 0.25) is 6.20 Å². The van der Waals surface area contributed by atoms with E-state index < -0.39 is 0 Å². The molecule has 0 radical (unpaired) electrons. The highest BCUT2D eigenvalue weighted by molar-refractivity contribution is 6.00. The van der Waals surface area contributed by atoms with Crippen LogP contribution in [-0.4, -0.2) is 54.4 Å². The predicted octanol–water partition coefficient (Wildman–Crippen LogP) is 5.42. The molecule has 10 rings (SSSR count). The Balaban J connectivity index is 1.12. The molecule has 0 N–H and O–H groups in total. The van der Waals surface area contributed by atoms with Crippen molar-refractivity contribution in [3.05, 3.63) is 95.7 Å². The van der Waals surface area contributed by atoms with Crippen LogP contribution in [0.4, 0.5) is 0 Å². The lowest BCUT2D eigenvalue weighted by Gasteiger charge is -2.52. The molecule has 1 saturated heterocycles. The summed E-state index contributed by atoms with van der Waals surface area (Å²) in [4.78, 5) is 21.5. The van der Waals surface area contributed by atoms with Crippen LogP contribution in [0.25, 0.3) is 39.1 Å². The number of carbonyl (C=O) groups excluding carboxylic acids is 1. The average Bonchev–Trinajstić information content (AvgIpc) is 3.46. The molecule has 0 spiro atoms. The molecule has 10 nitrogen and oxygen atoms in total.